The fourth-order valence-corrected chi connectivity index (χ4v) is 3.19. The Morgan fingerprint density at radius 1 is 1.14 bits per heavy atom. The molecule has 22 heavy (non-hydrogen) atoms. The third-order valence-electron chi connectivity index (χ3n) is 4.11. The van der Waals surface area contributed by atoms with E-state index in [1.165, 1.54) is 42.6 Å². The Morgan fingerprint density at radius 3 is 2.55 bits per heavy atom. The first-order chi connectivity index (χ1) is 10.7. The van der Waals surface area contributed by atoms with Gasteiger partial charge in [-0.3, -0.25) is 4.90 Å². The number of aromatic nitrogens is 1. The number of aryl methyl sites for hydroxylation is 1. The van der Waals surface area contributed by atoms with E-state index in [0.717, 1.165) is 16.8 Å². The fourth-order valence-electron chi connectivity index (χ4n) is 2.85. The summed E-state index contributed by atoms with van der Waals surface area (Å²) >= 11 is 3.48. The van der Waals surface area contributed by atoms with E-state index in [2.05, 4.69) is 69.1 Å². The van der Waals surface area contributed by atoms with Crippen molar-refractivity contribution in [2.75, 3.05) is 19.6 Å². The molecule has 0 unspecified atom stereocenters. The maximum absolute atomic E-state index is 4.65. The van der Waals surface area contributed by atoms with Crippen molar-refractivity contribution in [3.8, 4) is 0 Å². The van der Waals surface area contributed by atoms with Gasteiger partial charge in [0.2, 0.25) is 0 Å². The first kappa shape index (κ1) is 15.4. The molecule has 3 heteroatoms. The van der Waals surface area contributed by atoms with Gasteiger partial charge < -0.3 is 0 Å². The van der Waals surface area contributed by atoms with Crippen LogP contribution in [0.4, 0.5) is 0 Å². The van der Waals surface area contributed by atoms with Crippen LogP contribution in [0.3, 0.4) is 0 Å². The van der Waals surface area contributed by atoms with Crippen molar-refractivity contribution in [1.29, 1.82) is 0 Å². The standard InChI is InChI=1S/C19H21BrN2/c1-15-7-9-16(10-8-15)17(11-14-22-12-2-3-13-22)18-5-4-6-19(20)21-18/h4-11H,2-3,12-14H2,1H3/b17-11+. The highest BCUT2D eigenvalue weighted by Gasteiger charge is 2.12. The molecule has 0 amide bonds. The Morgan fingerprint density at radius 2 is 1.86 bits per heavy atom. The predicted octanol–water partition coefficient (Wildman–Crippen LogP) is 4.68. The summed E-state index contributed by atoms with van der Waals surface area (Å²) in [6, 6.07) is 14.8. The third kappa shape index (κ3) is 3.84. The summed E-state index contributed by atoms with van der Waals surface area (Å²) in [5.41, 5.74) is 4.76. The largest absolute Gasteiger partial charge is 0.300 e. The van der Waals surface area contributed by atoms with Crippen molar-refractivity contribution in [2.24, 2.45) is 0 Å². The van der Waals surface area contributed by atoms with E-state index in [4.69, 9.17) is 0 Å². The second-order valence-corrected chi connectivity index (χ2v) is 6.65. The van der Waals surface area contributed by atoms with Gasteiger partial charge in [-0.05, 0) is 66.5 Å². The molecule has 0 radical (unpaired) electrons. The smallest absolute Gasteiger partial charge is 0.106 e. The number of halogens is 1. The lowest BCUT2D eigenvalue weighted by Crippen LogP contribution is -2.19. The first-order valence-electron chi connectivity index (χ1n) is 7.85. The maximum Gasteiger partial charge on any atom is 0.106 e. The van der Waals surface area contributed by atoms with Gasteiger partial charge in [-0.1, -0.05) is 42.0 Å². The minimum Gasteiger partial charge on any atom is -0.300 e. The van der Waals surface area contributed by atoms with Crippen LogP contribution in [0, 0.1) is 6.92 Å². The van der Waals surface area contributed by atoms with Crippen molar-refractivity contribution < 1.29 is 0 Å². The summed E-state index contributed by atoms with van der Waals surface area (Å²) < 4.78 is 0.879. The summed E-state index contributed by atoms with van der Waals surface area (Å²) in [5.74, 6) is 0. The zero-order valence-corrected chi connectivity index (χ0v) is 14.5. The molecule has 1 fully saturated rings. The molecule has 0 spiro atoms. The number of nitrogens with zero attached hydrogens (tertiary/aromatic N) is 2. The molecule has 2 heterocycles. The monoisotopic (exact) mass is 356 g/mol. The molecule has 1 aromatic carbocycles. The summed E-state index contributed by atoms with van der Waals surface area (Å²) in [4.78, 5) is 7.15. The lowest BCUT2D eigenvalue weighted by Gasteiger charge is -2.14. The highest BCUT2D eigenvalue weighted by Crippen LogP contribution is 2.24. The number of hydrogen-bond acceptors (Lipinski definition) is 2. The van der Waals surface area contributed by atoms with Gasteiger partial charge in [0.05, 0.1) is 5.69 Å². The number of pyridine rings is 1. The van der Waals surface area contributed by atoms with Gasteiger partial charge >= 0.3 is 0 Å². The molecule has 2 nitrogen and oxygen atoms in total. The second-order valence-electron chi connectivity index (χ2n) is 5.84. The van der Waals surface area contributed by atoms with E-state index in [-0.39, 0.29) is 0 Å². The lowest BCUT2D eigenvalue weighted by atomic mass is 10.0. The van der Waals surface area contributed by atoms with Gasteiger partial charge in [0.1, 0.15) is 4.60 Å². The normalized spacial score (nSPS) is 16.2. The Labute approximate surface area is 141 Å². The zero-order valence-electron chi connectivity index (χ0n) is 12.9. The lowest BCUT2D eigenvalue weighted by molar-refractivity contribution is 0.377. The number of hydrogen-bond donors (Lipinski definition) is 0. The highest BCUT2D eigenvalue weighted by atomic mass is 79.9. The average molecular weight is 357 g/mol. The van der Waals surface area contributed by atoms with E-state index in [9.17, 15) is 0 Å². The van der Waals surface area contributed by atoms with E-state index in [0.29, 0.717) is 0 Å². The molecule has 0 saturated carbocycles. The second kappa shape index (κ2) is 7.21. The Kier molecular flexibility index (Phi) is 5.06. The quantitative estimate of drug-likeness (QED) is 0.739. The molecule has 0 aliphatic carbocycles. The summed E-state index contributed by atoms with van der Waals surface area (Å²) in [5, 5.41) is 0. The topological polar surface area (TPSA) is 16.1 Å². The van der Waals surface area contributed by atoms with Crippen LogP contribution in [0.15, 0.2) is 53.1 Å². The van der Waals surface area contributed by atoms with Crippen LogP contribution in [0.1, 0.15) is 29.7 Å². The molecule has 3 rings (SSSR count). The third-order valence-corrected chi connectivity index (χ3v) is 4.55. The van der Waals surface area contributed by atoms with E-state index in [1.807, 2.05) is 12.1 Å². The molecule has 1 aliphatic heterocycles. The van der Waals surface area contributed by atoms with Gasteiger partial charge in [-0.25, -0.2) is 4.98 Å². The molecule has 0 bridgehead atoms. The molecular weight excluding hydrogens is 336 g/mol. The highest BCUT2D eigenvalue weighted by molar-refractivity contribution is 9.10. The number of benzene rings is 1. The Balaban J connectivity index is 1.93. The van der Waals surface area contributed by atoms with Crippen molar-refractivity contribution in [3.05, 3.63) is 70.0 Å². The van der Waals surface area contributed by atoms with Crippen LogP contribution in [-0.2, 0) is 0 Å². The van der Waals surface area contributed by atoms with E-state index >= 15 is 0 Å². The van der Waals surface area contributed by atoms with Crippen molar-refractivity contribution in [1.82, 2.24) is 9.88 Å². The van der Waals surface area contributed by atoms with Crippen molar-refractivity contribution >= 4 is 21.5 Å². The fraction of sp³-hybridized carbons (Fsp3) is 0.316. The molecule has 1 aromatic heterocycles. The summed E-state index contributed by atoms with van der Waals surface area (Å²) in [7, 11) is 0. The van der Waals surface area contributed by atoms with Crippen LogP contribution < -0.4 is 0 Å². The SMILES string of the molecule is Cc1ccc(/C(=C\CN2CCCC2)c2cccc(Br)n2)cc1. The van der Waals surface area contributed by atoms with Crippen LogP contribution in [0.2, 0.25) is 0 Å². The molecule has 2 aromatic rings. The summed E-state index contributed by atoms with van der Waals surface area (Å²) in [6.07, 6.45) is 4.97. The van der Waals surface area contributed by atoms with Gasteiger partial charge in [-0.2, -0.15) is 0 Å². The first-order valence-corrected chi connectivity index (χ1v) is 8.64. The van der Waals surface area contributed by atoms with Gasteiger partial charge in [0.25, 0.3) is 0 Å². The predicted molar refractivity (Wildman–Crippen MR) is 95.9 cm³/mol. The minimum atomic E-state index is 0.879. The molecule has 114 valence electrons. The van der Waals surface area contributed by atoms with Gasteiger partial charge in [0.15, 0.2) is 0 Å². The van der Waals surface area contributed by atoms with Gasteiger partial charge in [-0.15, -0.1) is 0 Å². The minimum absolute atomic E-state index is 0.879. The molecule has 1 aliphatic rings. The zero-order chi connectivity index (χ0) is 15.4. The average Bonchev–Trinajstić information content (AvgIpc) is 3.03. The van der Waals surface area contributed by atoms with E-state index < -0.39 is 0 Å². The number of rotatable bonds is 4. The maximum atomic E-state index is 4.65. The van der Waals surface area contributed by atoms with E-state index in [1.54, 1.807) is 0 Å². The van der Waals surface area contributed by atoms with Crippen LogP contribution in [0.5, 0.6) is 0 Å². The Bertz CT molecular complexity index is 655. The number of likely N-dealkylation sites (tertiary alicyclic amines) is 1. The van der Waals surface area contributed by atoms with Crippen molar-refractivity contribution in [2.45, 2.75) is 19.8 Å². The van der Waals surface area contributed by atoms with Gasteiger partial charge in [0, 0.05) is 12.1 Å². The van der Waals surface area contributed by atoms with Crippen molar-refractivity contribution in [3.63, 3.8) is 0 Å². The molecule has 1 saturated heterocycles. The Hall–Kier alpha value is -1.45. The molecule has 0 N–H and O–H groups in total. The van der Waals surface area contributed by atoms with Crippen LogP contribution in [0.25, 0.3) is 5.57 Å². The van der Waals surface area contributed by atoms with Crippen LogP contribution in [-0.4, -0.2) is 29.5 Å². The molecule has 0 atom stereocenters. The molecular formula is C19H21BrN2. The summed E-state index contributed by atoms with van der Waals surface area (Å²) in [6.45, 7) is 5.54. The van der Waals surface area contributed by atoms with Crippen LogP contribution >= 0.6 is 15.9 Å².